The largest absolute Gasteiger partial charge is 0.384 e. The molecule has 0 fully saturated rings. The lowest BCUT2D eigenvalue weighted by atomic mass is 10.1. The first kappa shape index (κ1) is 13.6. The summed E-state index contributed by atoms with van der Waals surface area (Å²) in [5.41, 5.74) is 8.46. The minimum absolute atomic E-state index is 0.0998. The predicted molar refractivity (Wildman–Crippen MR) is 89.2 cm³/mol. The summed E-state index contributed by atoms with van der Waals surface area (Å²) in [4.78, 5) is 2.18. The van der Waals surface area contributed by atoms with Crippen LogP contribution >= 0.6 is 11.5 Å². The second-order valence-electron chi connectivity index (χ2n) is 4.97. The van der Waals surface area contributed by atoms with Gasteiger partial charge in [0.05, 0.1) is 5.52 Å². The summed E-state index contributed by atoms with van der Waals surface area (Å²) in [6, 6.07) is 16.0. The Morgan fingerprint density at radius 2 is 2.05 bits per heavy atom. The maximum atomic E-state index is 7.52. The molecule has 0 amide bonds. The SMILES string of the molecule is CN(Cc1cccc(C(=N)N)c1)c1snc2ccccc12. The molecule has 0 saturated heterocycles. The molecule has 1 aromatic heterocycles. The minimum atomic E-state index is 0.0998. The normalized spacial score (nSPS) is 10.7. The number of aromatic nitrogens is 1. The van der Waals surface area contributed by atoms with E-state index in [1.807, 2.05) is 42.5 Å². The van der Waals surface area contributed by atoms with Crippen LogP contribution in [0.3, 0.4) is 0 Å². The molecule has 0 aliphatic rings. The first-order chi connectivity index (χ1) is 10.1. The van der Waals surface area contributed by atoms with E-state index in [2.05, 4.69) is 22.4 Å². The van der Waals surface area contributed by atoms with Crippen molar-refractivity contribution < 1.29 is 0 Å². The predicted octanol–water partition coefficient (Wildman–Crippen LogP) is 3.22. The molecule has 3 rings (SSSR count). The van der Waals surface area contributed by atoms with Crippen LogP contribution in [0.15, 0.2) is 48.5 Å². The average molecular weight is 296 g/mol. The Morgan fingerprint density at radius 1 is 1.24 bits per heavy atom. The molecule has 0 spiro atoms. The van der Waals surface area contributed by atoms with Crippen LogP contribution in [0.25, 0.3) is 10.9 Å². The van der Waals surface area contributed by atoms with E-state index in [-0.39, 0.29) is 5.84 Å². The van der Waals surface area contributed by atoms with Gasteiger partial charge in [0.1, 0.15) is 10.8 Å². The van der Waals surface area contributed by atoms with Crippen LogP contribution in [0.1, 0.15) is 11.1 Å². The van der Waals surface area contributed by atoms with Crippen LogP contribution in [0.2, 0.25) is 0 Å². The smallest absolute Gasteiger partial charge is 0.122 e. The van der Waals surface area contributed by atoms with Gasteiger partial charge in [-0.3, -0.25) is 5.41 Å². The van der Waals surface area contributed by atoms with E-state index in [1.54, 1.807) is 0 Å². The van der Waals surface area contributed by atoms with Crippen LogP contribution in [-0.2, 0) is 6.54 Å². The Kier molecular flexibility index (Phi) is 3.58. The highest BCUT2D eigenvalue weighted by molar-refractivity contribution is 7.11. The molecular weight excluding hydrogens is 280 g/mol. The van der Waals surface area contributed by atoms with Crippen molar-refractivity contribution in [1.82, 2.24) is 4.37 Å². The molecule has 2 aromatic carbocycles. The van der Waals surface area contributed by atoms with Gasteiger partial charge in [-0.15, -0.1) is 0 Å². The topological polar surface area (TPSA) is 66.0 Å². The molecule has 106 valence electrons. The maximum Gasteiger partial charge on any atom is 0.122 e. The van der Waals surface area contributed by atoms with E-state index in [1.165, 1.54) is 16.9 Å². The third kappa shape index (κ3) is 2.73. The average Bonchev–Trinajstić information content (AvgIpc) is 2.91. The summed E-state index contributed by atoms with van der Waals surface area (Å²) in [5, 5.41) is 9.84. The van der Waals surface area contributed by atoms with Crippen LogP contribution in [0.5, 0.6) is 0 Å². The number of rotatable bonds is 4. The molecule has 3 N–H and O–H groups in total. The molecule has 21 heavy (non-hydrogen) atoms. The van der Waals surface area contributed by atoms with Gasteiger partial charge in [-0.2, -0.15) is 4.37 Å². The Balaban J connectivity index is 1.88. The van der Waals surface area contributed by atoms with E-state index < -0.39 is 0 Å². The number of nitrogens with zero attached hydrogens (tertiary/aromatic N) is 2. The van der Waals surface area contributed by atoms with Crippen LogP contribution in [0.4, 0.5) is 5.00 Å². The van der Waals surface area contributed by atoms with Gasteiger partial charge in [-0.25, -0.2) is 0 Å². The molecule has 4 nitrogen and oxygen atoms in total. The van der Waals surface area contributed by atoms with Gasteiger partial charge >= 0.3 is 0 Å². The Morgan fingerprint density at radius 3 is 2.86 bits per heavy atom. The highest BCUT2D eigenvalue weighted by Crippen LogP contribution is 2.31. The van der Waals surface area contributed by atoms with Crippen molar-refractivity contribution >= 4 is 33.3 Å². The highest BCUT2D eigenvalue weighted by atomic mass is 32.1. The lowest BCUT2D eigenvalue weighted by molar-refractivity contribution is 0.938. The zero-order valence-electron chi connectivity index (χ0n) is 11.7. The summed E-state index contributed by atoms with van der Waals surface area (Å²) in [5.74, 6) is 0.0998. The van der Waals surface area contributed by atoms with Gasteiger partial charge in [0.2, 0.25) is 0 Å². The van der Waals surface area contributed by atoms with Crippen molar-refractivity contribution in [2.24, 2.45) is 5.73 Å². The number of anilines is 1. The van der Waals surface area contributed by atoms with E-state index in [9.17, 15) is 0 Å². The third-order valence-electron chi connectivity index (χ3n) is 3.37. The quantitative estimate of drug-likeness (QED) is 0.574. The fraction of sp³-hybridized carbons (Fsp3) is 0.125. The van der Waals surface area contributed by atoms with Crippen molar-refractivity contribution in [2.75, 3.05) is 11.9 Å². The number of benzene rings is 2. The minimum Gasteiger partial charge on any atom is -0.384 e. The molecule has 0 bridgehead atoms. The fourth-order valence-electron chi connectivity index (χ4n) is 2.33. The summed E-state index contributed by atoms with van der Waals surface area (Å²) >= 11 is 1.51. The van der Waals surface area contributed by atoms with E-state index >= 15 is 0 Å². The molecule has 0 saturated carbocycles. The van der Waals surface area contributed by atoms with E-state index in [0.717, 1.165) is 28.2 Å². The number of nitrogens with one attached hydrogen (secondary N) is 1. The Labute approximate surface area is 127 Å². The number of amidine groups is 1. The van der Waals surface area contributed by atoms with Gasteiger partial charge in [-0.05, 0) is 35.3 Å². The molecule has 3 aromatic rings. The van der Waals surface area contributed by atoms with Crippen molar-refractivity contribution in [3.63, 3.8) is 0 Å². The molecule has 0 aliphatic heterocycles. The first-order valence-electron chi connectivity index (χ1n) is 6.64. The summed E-state index contributed by atoms with van der Waals surface area (Å²) in [7, 11) is 2.06. The summed E-state index contributed by atoms with van der Waals surface area (Å²) < 4.78 is 4.47. The van der Waals surface area contributed by atoms with Crippen molar-refractivity contribution in [2.45, 2.75) is 6.54 Å². The lowest BCUT2D eigenvalue weighted by Crippen LogP contribution is -2.16. The molecule has 0 radical (unpaired) electrons. The highest BCUT2D eigenvalue weighted by Gasteiger charge is 2.10. The molecule has 5 heteroatoms. The van der Waals surface area contributed by atoms with Gasteiger partial charge in [0.15, 0.2) is 0 Å². The second kappa shape index (κ2) is 5.54. The standard InChI is InChI=1S/C16H16N4S/c1-20(10-11-5-4-6-12(9-11)15(17)18)16-13-7-2-3-8-14(13)19-21-16/h2-9H,10H2,1H3,(H3,17,18). The Hall–Kier alpha value is -2.40. The number of nitrogen functional groups attached to an aromatic ring is 1. The van der Waals surface area contributed by atoms with Gasteiger partial charge < -0.3 is 10.6 Å². The fourth-order valence-corrected chi connectivity index (χ4v) is 3.15. The molecule has 0 aliphatic carbocycles. The molecule has 0 unspecified atom stereocenters. The van der Waals surface area contributed by atoms with E-state index in [0.29, 0.717) is 0 Å². The van der Waals surface area contributed by atoms with Gasteiger partial charge in [0, 0.05) is 24.5 Å². The van der Waals surface area contributed by atoms with Crippen LogP contribution in [-0.4, -0.2) is 17.3 Å². The molecule has 0 atom stereocenters. The number of fused-ring (bicyclic) bond motifs is 1. The maximum absolute atomic E-state index is 7.52. The third-order valence-corrected chi connectivity index (χ3v) is 4.36. The summed E-state index contributed by atoms with van der Waals surface area (Å²) in [6.45, 7) is 0.757. The molecule has 1 heterocycles. The Bertz CT molecular complexity index is 794. The van der Waals surface area contributed by atoms with Crippen LogP contribution < -0.4 is 10.6 Å². The van der Waals surface area contributed by atoms with Crippen molar-refractivity contribution in [3.05, 3.63) is 59.7 Å². The second-order valence-corrected chi connectivity index (χ2v) is 5.73. The zero-order chi connectivity index (χ0) is 14.8. The van der Waals surface area contributed by atoms with Crippen molar-refractivity contribution in [3.8, 4) is 0 Å². The number of hydrogen-bond acceptors (Lipinski definition) is 4. The van der Waals surface area contributed by atoms with Gasteiger partial charge in [-0.1, -0.05) is 30.3 Å². The summed E-state index contributed by atoms with van der Waals surface area (Å²) in [6.07, 6.45) is 0. The lowest BCUT2D eigenvalue weighted by Gasteiger charge is -2.17. The number of hydrogen-bond donors (Lipinski definition) is 2. The number of nitrogens with two attached hydrogens (primary N) is 1. The van der Waals surface area contributed by atoms with E-state index in [4.69, 9.17) is 11.1 Å². The first-order valence-corrected chi connectivity index (χ1v) is 7.41. The molecular formula is C16H16N4S. The van der Waals surface area contributed by atoms with Crippen molar-refractivity contribution in [1.29, 1.82) is 5.41 Å². The monoisotopic (exact) mass is 296 g/mol. The van der Waals surface area contributed by atoms with Crippen LogP contribution in [0, 0.1) is 5.41 Å². The zero-order valence-corrected chi connectivity index (χ0v) is 12.5. The van der Waals surface area contributed by atoms with Gasteiger partial charge in [0.25, 0.3) is 0 Å².